The number of nitrogens with two attached hydrogens (primary N) is 1. The maximum absolute atomic E-state index is 12.1. The molecule has 0 saturated carbocycles. The first-order chi connectivity index (χ1) is 8.91. The molecule has 3 nitrogen and oxygen atoms in total. The van der Waals surface area contributed by atoms with Gasteiger partial charge in [0.1, 0.15) is 0 Å². The highest BCUT2D eigenvalue weighted by Gasteiger charge is 2.11. The topological polar surface area (TPSA) is 48.0 Å². The Balaban J connectivity index is 2.50. The minimum atomic E-state index is -0.150. The van der Waals surface area contributed by atoms with Crippen LogP contribution in [0.3, 0.4) is 0 Å². The van der Waals surface area contributed by atoms with E-state index < -0.39 is 0 Å². The van der Waals surface area contributed by atoms with Gasteiger partial charge in [0.15, 0.2) is 0 Å². The molecular weight excluding hydrogens is 351 g/mol. The third-order valence-corrected chi connectivity index (χ3v) is 4.67. The van der Waals surface area contributed by atoms with Gasteiger partial charge in [-0.1, -0.05) is 35.3 Å². The van der Waals surface area contributed by atoms with Gasteiger partial charge in [0, 0.05) is 6.20 Å². The van der Waals surface area contributed by atoms with E-state index in [1.54, 1.807) is 25.3 Å². The van der Waals surface area contributed by atoms with Crippen molar-refractivity contribution in [2.75, 3.05) is 5.73 Å². The molecule has 0 fully saturated rings. The average molecular weight is 362 g/mol. The second kappa shape index (κ2) is 5.57. The minimum absolute atomic E-state index is 0.150. The van der Waals surface area contributed by atoms with E-state index in [4.69, 9.17) is 28.9 Å². The van der Waals surface area contributed by atoms with E-state index >= 15 is 0 Å². The number of pyridine rings is 1. The SMILES string of the molecule is Cc1c(N)cn(Cc2cccc(Cl)c2Cl)c(=O)c1Br. The second-order valence-corrected chi connectivity index (χ2v) is 5.75. The summed E-state index contributed by atoms with van der Waals surface area (Å²) in [5, 5.41) is 0.915. The monoisotopic (exact) mass is 360 g/mol. The molecule has 0 amide bonds. The van der Waals surface area contributed by atoms with Gasteiger partial charge in [0.2, 0.25) is 0 Å². The van der Waals surface area contributed by atoms with Crippen LogP contribution in [0.4, 0.5) is 5.69 Å². The minimum Gasteiger partial charge on any atom is -0.397 e. The predicted octanol–water partition coefficient (Wildman–Crippen LogP) is 3.86. The van der Waals surface area contributed by atoms with Crippen molar-refractivity contribution in [3.8, 4) is 0 Å². The Morgan fingerprint density at radius 2 is 2.05 bits per heavy atom. The number of hydrogen-bond donors (Lipinski definition) is 1. The zero-order chi connectivity index (χ0) is 14.2. The lowest BCUT2D eigenvalue weighted by Crippen LogP contribution is -2.23. The molecule has 2 aromatic rings. The van der Waals surface area contributed by atoms with Crippen molar-refractivity contribution in [2.45, 2.75) is 13.5 Å². The standard InChI is InChI=1S/C13H11BrCl2N2O/c1-7-10(17)6-18(13(19)11(7)14)5-8-3-2-4-9(15)12(8)16/h2-4,6H,5,17H2,1H3. The fourth-order valence-electron chi connectivity index (χ4n) is 1.71. The Bertz CT molecular complexity index is 698. The molecule has 6 heteroatoms. The first kappa shape index (κ1) is 14.4. The summed E-state index contributed by atoms with van der Waals surface area (Å²) in [6, 6.07) is 5.32. The van der Waals surface area contributed by atoms with E-state index in [9.17, 15) is 4.79 Å². The molecule has 0 aliphatic carbocycles. The van der Waals surface area contributed by atoms with Gasteiger partial charge in [0.25, 0.3) is 5.56 Å². The highest BCUT2D eigenvalue weighted by atomic mass is 79.9. The molecule has 2 N–H and O–H groups in total. The molecule has 0 saturated heterocycles. The van der Waals surface area contributed by atoms with Crippen molar-refractivity contribution in [1.29, 1.82) is 0 Å². The number of halogens is 3. The van der Waals surface area contributed by atoms with Crippen LogP contribution in [-0.2, 0) is 6.54 Å². The fourth-order valence-corrected chi connectivity index (χ4v) is 2.54. The number of rotatable bonds is 2. The molecule has 100 valence electrons. The molecule has 1 aromatic carbocycles. The van der Waals surface area contributed by atoms with Gasteiger partial charge in [-0.15, -0.1) is 0 Å². The predicted molar refractivity (Wildman–Crippen MR) is 83.1 cm³/mol. The molecular formula is C13H11BrCl2N2O. The van der Waals surface area contributed by atoms with Gasteiger partial charge in [0.05, 0.1) is 26.8 Å². The molecule has 2 rings (SSSR count). The molecule has 19 heavy (non-hydrogen) atoms. The summed E-state index contributed by atoms with van der Waals surface area (Å²) in [6.45, 7) is 2.11. The van der Waals surface area contributed by atoms with Crippen LogP contribution in [0, 0.1) is 6.92 Å². The zero-order valence-electron chi connectivity index (χ0n) is 10.1. The summed E-state index contributed by atoms with van der Waals surface area (Å²) in [7, 11) is 0. The van der Waals surface area contributed by atoms with E-state index in [0.717, 1.165) is 11.1 Å². The first-order valence-electron chi connectivity index (χ1n) is 5.49. The van der Waals surface area contributed by atoms with Crippen LogP contribution in [0.25, 0.3) is 0 Å². The van der Waals surface area contributed by atoms with Crippen molar-refractivity contribution in [3.63, 3.8) is 0 Å². The maximum Gasteiger partial charge on any atom is 0.265 e. The van der Waals surface area contributed by atoms with Crippen molar-refractivity contribution in [1.82, 2.24) is 4.57 Å². The molecule has 0 spiro atoms. The van der Waals surface area contributed by atoms with Crippen molar-refractivity contribution in [3.05, 3.63) is 60.4 Å². The number of aromatic nitrogens is 1. The summed E-state index contributed by atoms with van der Waals surface area (Å²) in [5.41, 5.74) is 7.76. The van der Waals surface area contributed by atoms with Gasteiger partial charge < -0.3 is 10.3 Å². The smallest absolute Gasteiger partial charge is 0.265 e. The van der Waals surface area contributed by atoms with E-state index in [2.05, 4.69) is 15.9 Å². The van der Waals surface area contributed by atoms with E-state index in [1.807, 2.05) is 6.07 Å². The summed E-state index contributed by atoms with van der Waals surface area (Å²) in [4.78, 5) is 12.1. The van der Waals surface area contributed by atoms with Crippen LogP contribution >= 0.6 is 39.1 Å². The molecule has 0 unspecified atom stereocenters. The van der Waals surface area contributed by atoms with Crippen LogP contribution in [0.1, 0.15) is 11.1 Å². The van der Waals surface area contributed by atoms with Gasteiger partial charge in [-0.25, -0.2) is 0 Å². The highest BCUT2D eigenvalue weighted by Crippen LogP contribution is 2.26. The Labute approximate surface area is 129 Å². The van der Waals surface area contributed by atoms with Crippen LogP contribution in [0.5, 0.6) is 0 Å². The summed E-state index contributed by atoms with van der Waals surface area (Å²) < 4.78 is 1.97. The van der Waals surface area contributed by atoms with Gasteiger partial charge in [-0.05, 0) is 40.0 Å². The number of benzene rings is 1. The lowest BCUT2D eigenvalue weighted by Gasteiger charge is -2.12. The molecule has 0 atom stereocenters. The van der Waals surface area contributed by atoms with Gasteiger partial charge in [-0.3, -0.25) is 4.79 Å². The summed E-state index contributed by atoms with van der Waals surface area (Å²) >= 11 is 15.3. The third-order valence-electron chi connectivity index (χ3n) is 2.88. The second-order valence-electron chi connectivity index (χ2n) is 4.17. The fraction of sp³-hybridized carbons (Fsp3) is 0.154. The molecule has 1 heterocycles. The lowest BCUT2D eigenvalue weighted by atomic mass is 10.2. The summed E-state index contributed by atoms with van der Waals surface area (Å²) in [6.07, 6.45) is 1.61. The van der Waals surface area contributed by atoms with E-state index in [0.29, 0.717) is 26.8 Å². The van der Waals surface area contributed by atoms with Crippen molar-refractivity contribution >= 4 is 44.8 Å². The highest BCUT2D eigenvalue weighted by molar-refractivity contribution is 9.10. The van der Waals surface area contributed by atoms with E-state index in [-0.39, 0.29) is 5.56 Å². The number of anilines is 1. The normalized spacial score (nSPS) is 10.7. The van der Waals surface area contributed by atoms with Crippen molar-refractivity contribution in [2.24, 2.45) is 0 Å². The molecule has 0 aliphatic heterocycles. The Hall–Kier alpha value is -0.970. The lowest BCUT2D eigenvalue weighted by molar-refractivity contribution is 0.755. The quantitative estimate of drug-likeness (QED) is 0.882. The van der Waals surface area contributed by atoms with Crippen LogP contribution in [0.15, 0.2) is 33.7 Å². The maximum atomic E-state index is 12.1. The van der Waals surface area contributed by atoms with Crippen molar-refractivity contribution < 1.29 is 0 Å². The third kappa shape index (κ3) is 2.81. The van der Waals surface area contributed by atoms with Crippen LogP contribution in [0.2, 0.25) is 10.0 Å². The van der Waals surface area contributed by atoms with Gasteiger partial charge >= 0.3 is 0 Å². The van der Waals surface area contributed by atoms with E-state index in [1.165, 1.54) is 4.57 Å². The van der Waals surface area contributed by atoms with Crippen LogP contribution in [-0.4, -0.2) is 4.57 Å². The Kier molecular flexibility index (Phi) is 4.23. The van der Waals surface area contributed by atoms with Gasteiger partial charge in [-0.2, -0.15) is 0 Å². The number of nitrogens with zero attached hydrogens (tertiary/aromatic N) is 1. The molecule has 0 radical (unpaired) electrons. The Morgan fingerprint density at radius 1 is 1.37 bits per heavy atom. The largest absolute Gasteiger partial charge is 0.397 e. The average Bonchev–Trinajstić information content (AvgIpc) is 2.38. The molecule has 0 aliphatic rings. The zero-order valence-corrected chi connectivity index (χ0v) is 13.2. The van der Waals surface area contributed by atoms with Crippen LogP contribution < -0.4 is 11.3 Å². The first-order valence-corrected chi connectivity index (χ1v) is 7.04. The molecule has 1 aromatic heterocycles. The Morgan fingerprint density at radius 3 is 2.74 bits per heavy atom. The number of nitrogen functional groups attached to an aromatic ring is 1. The number of hydrogen-bond acceptors (Lipinski definition) is 2. The summed E-state index contributed by atoms with van der Waals surface area (Å²) in [5.74, 6) is 0. The molecule has 0 bridgehead atoms.